The zero-order chi connectivity index (χ0) is 16.7. The number of esters is 1. The number of rotatable bonds is 4. The van der Waals surface area contributed by atoms with E-state index in [1.54, 1.807) is 0 Å². The molecule has 2 unspecified atom stereocenters. The Kier molecular flexibility index (Phi) is 4.85. The summed E-state index contributed by atoms with van der Waals surface area (Å²) in [5.74, 6) is -2.50. The van der Waals surface area contributed by atoms with E-state index in [1.165, 1.54) is 20.8 Å². The van der Waals surface area contributed by atoms with Crippen LogP contribution in [-0.4, -0.2) is 59.8 Å². The van der Waals surface area contributed by atoms with Gasteiger partial charge in [-0.1, -0.05) is 0 Å². The molecule has 0 spiro atoms. The molecule has 0 aliphatic carbocycles. The van der Waals surface area contributed by atoms with Crippen molar-refractivity contribution in [3.05, 3.63) is 0 Å². The van der Waals surface area contributed by atoms with Crippen molar-refractivity contribution in [2.45, 2.75) is 83.6 Å². The molecule has 5 atom stereocenters. The van der Waals surface area contributed by atoms with E-state index in [2.05, 4.69) is 0 Å². The molecule has 0 aromatic heterocycles. The molecule has 2 saturated heterocycles. The highest BCUT2D eigenvalue weighted by Gasteiger charge is 2.53. The summed E-state index contributed by atoms with van der Waals surface area (Å²) in [5, 5.41) is 9.91. The maximum absolute atomic E-state index is 11.4. The molecule has 2 heterocycles. The Morgan fingerprint density at radius 2 is 1.95 bits per heavy atom. The fourth-order valence-corrected chi connectivity index (χ4v) is 2.85. The summed E-state index contributed by atoms with van der Waals surface area (Å²) in [4.78, 5) is 11.4. The molecule has 0 saturated carbocycles. The average Bonchev–Trinajstić information content (AvgIpc) is 2.81. The lowest BCUT2D eigenvalue weighted by Crippen LogP contribution is -2.46. The number of carbonyl (C=O) groups excluding carboxylic acids is 1. The summed E-state index contributed by atoms with van der Waals surface area (Å²) < 4.78 is 28.3. The van der Waals surface area contributed by atoms with Crippen molar-refractivity contribution in [1.82, 2.24) is 0 Å². The van der Waals surface area contributed by atoms with Gasteiger partial charge in [0.15, 0.2) is 17.7 Å². The van der Waals surface area contributed by atoms with Crippen LogP contribution in [0.2, 0.25) is 0 Å². The monoisotopic (exact) mass is 318 g/mol. The summed E-state index contributed by atoms with van der Waals surface area (Å²) in [6.45, 7) is 10.2. The van der Waals surface area contributed by atoms with Crippen LogP contribution in [0.15, 0.2) is 0 Å². The van der Waals surface area contributed by atoms with E-state index < -0.39 is 35.9 Å². The van der Waals surface area contributed by atoms with Crippen molar-refractivity contribution < 1.29 is 33.6 Å². The third-order valence-electron chi connectivity index (χ3n) is 3.61. The fourth-order valence-electron chi connectivity index (χ4n) is 2.85. The SMILES string of the molecule is CC(=O)O[C@H]1[C@@H](C2COC(C)(C)O2)OC(C)[C@@H]1OC(C)(C)O. The van der Waals surface area contributed by atoms with Gasteiger partial charge in [0.1, 0.15) is 18.3 Å². The Morgan fingerprint density at radius 3 is 2.41 bits per heavy atom. The highest BCUT2D eigenvalue weighted by molar-refractivity contribution is 5.66. The van der Waals surface area contributed by atoms with Crippen molar-refractivity contribution >= 4 is 5.97 Å². The standard InChI is InChI=1S/C15H26O7/c1-8-11(22-14(3,4)17)13(20-9(2)16)12(19-8)10-7-18-15(5,6)21-10/h8,10-13,17H,7H2,1-6H3/t8?,10?,11-,12+,13+/m0/s1. The molecule has 0 bridgehead atoms. The molecule has 0 radical (unpaired) electrons. The quantitative estimate of drug-likeness (QED) is 0.611. The van der Waals surface area contributed by atoms with Gasteiger partial charge >= 0.3 is 5.97 Å². The van der Waals surface area contributed by atoms with Gasteiger partial charge in [-0.25, -0.2) is 0 Å². The molecule has 2 rings (SSSR count). The first-order valence-electron chi connectivity index (χ1n) is 7.53. The summed E-state index contributed by atoms with van der Waals surface area (Å²) in [5.41, 5.74) is 0. The van der Waals surface area contributed by atoms with E-state index >= 15 is 0 Å². The van der Waals surface area contributed by atoms with E-state index in [4.69, 9.17) is 23.7 Å². The molecule has 128 valence electrons. The van der Waals surface area contributed by atoms with E-state index in [9.17, 15) is 9.90 Å². The van der Waals surface area contributed by atoms with Crippen molar-refractivity contribution in [3.63, 3.8) is 0 Å². The molecule has 7 nitrogen and oxygen atoms in total. The maximum Gasteiger partial charge on any atom is 0.303 e. The second-order valence-corrected chi connectivity index (χ2v) is 6.78. The van der Waals surface area contributed by atoms with Gasteiger partial charge in [0.25, 0.3) is 0 Å². The zero-order valence-electron chi connectivity index (χ0n) is 14.0. The number of carbonyl (C=O) groups is 1. The molecule has 7 heteroatoms. The van der Waals surface area contributed by atoms with Gasteiger partial charge in [0.05, 0.1) is 12.7 Å². The Balaban J connectivity index is 2.17. The van der Waals surface area contributed by atoms with Crippen LogP contribution in [0.1, 0.15) is 41.5 Å². The number of aliphatic hydroxyl groups is 1. The number of hydrogen-bond donors (Lipinski definition) is 1. The minimum Gasteiger partial charge on any atom is -0.457 e. The molecule has 2 aliphatic rings. The predicted molar refractivity (Wildman–Crippen MR) is 76.0 cm³/mol. The van der Waals surface area contributed by atoms with Gasteiger partial charge < -0.3 is 28.8 Å². The molecule has 22 heavy (non-hydrogen) atoms. The first-order valence-corrected chi connectivity index (χ1v) is 7.53. The van der Waals surface area contributed by atoms with Gasteiger partial charge in [-0.15, -0.1) is 0 Å². The third-order valence-corrected chi connectivity index (χ3v) is 3.61. The van der Waals surface area contributed by atoms with E-state index in [0.29, 0.717) is 6.61 Å². The summed E-state index contributed by atoms with van der Waals surface area (Å²) in [6.07, 6.45) is -2.47. The van der Waals surface area contributed by atoms with Crippen LogP contribution in [-0.2, 0) is 28.5 Å². The van der Waals surface area contributed by atoms with Gasteiger partial charge in [0.2, 0.25) is 0 Å². The second-order valence-electron chi connectivity index (χ2n) is 6.78. The van der Waals surface area contributed by atoms with Crippen molar-refractivity contribution in [3.8, 4) is 0 Å². The molecule has 0 aromatic carbocycles. The van der Waals surface area contributed by atoms with Crippen LogP contribution >= 0.6 is 0 Å². The first kappa shape index (κ1) is 17.6. The Morgan fingerprint density at radius 1 is 1.32 bits per heavy atom. The molecule has 0 aromatic rings. The van der Waals surface area contributed by atoms with Crippen LogP contribution in [0, 0.1) is 0 Å². The van der Waals surface area contributed by atoms with E-state index in [-0.39, 0.29) is 12.2 Å². The lowest BCUT2D eigenvalue weighted by Gasteiger charge is -2.30. The second kappa shape index (κ2) is 6.05. The molecule has 2 aliphatic heterocycles. The van der Waals surface area contributed by atoms with Crippen LogP contribution in [0.25, 0.3) is 0 Å². The maximum atomic E-state index is 11.4. The molecule has 1 N–H and O–H groups in total. The van der Waals surface area contributed by atoms with Gasteiger partial charge in [-0.2, -0.15) is 0 Å². The lowest BCUT2D eigenvalue weighted by atomic mass is 10.0. The predicted octanol–water partition coefficient (Wildman–Crippen LogP) is 0.970. The van der Waals surface area contributed by atoms with Gasteiger partial charge in [-0.3, -0.25) is 4.79 Å². The van der Waals surface area contributed by atoms with Crippen molar-refractivity contribution in [2.24, 2.45) is 0 Å². The van der Waals surface area contributed by atoms with Crippen LogP contribution in [0.5, 0.6) is 0 Å². The minimum atomic E-state index is -1.36. The van der Waals surface area contributed by atoms with E-state index in [1.807, 2.05) is 20.8 Å². The van der Waals surface area contributed by atoms with Crippen LogP contribution < -0.4 is 0 Å². The van der Waals surface area contributed by atoms with E-state index in [0.717, 1.165) is 0 Å². The molecule has 0 amide bonds. The summed E-state index contributed by atoms with van der Waals surface area (Å²) in [6, 6.07) is 0. The molecular formula is C15H26O7. The highest BCUT2D eigenvalue weighted by Crippen LogP contribution is 2.35. The fraction of sp³-hybridized carbons (Fsp3) is 0.933. The first-order chi connectivity index (χ1) is 9.98. The molecule has 2 fully saturated rings. The lowest BCUT2D eigenvalue weighted by molar-refractivity contribution is -0.229. The Bertz CT molecular complexity index is 415. The van der Waals surface area contributed by atoms with Crippen molar-refractivity contribution in [2.75, 3.05) is 6.61 Å². The van der Waals surface area contributed by atoms with Crippen molar-refractivity contribution in [1.29, 1.82) is 0 Å². The Labute approximate surface area is 130 Å². The van der Waals surface area contributed by atoms with Gasteiger partial charge in [0, 0.05) is 6.92 Å². The van der Waals surface area contributed by atoms with Crippen LogP contribution in [0.3, 0.4) is 0 Å². The number of ether oxygens (including phenoxy) is 5. The highest BCUT2D eigenvalue weighted by atomic mass is 16.8. The summed E-state index contributed by atoms with van der Waals surface area (Å²) >= 11 is 0. The van der Waals surface area contributed by atoms with Crippen LogP contribution in [0.4, 0.5) is 0 Å². The normalized spacial score (nSPS) is 38.2. The largest absolute Gasteiger partial charge is 0.457 e. The smallest absolute Gasteiger partial charge is 0.303 e. The average molecular weight is 318 g/mol. The third kappa shape index (κ3) is 4.17. The van der Waals surface area contributed by atoms with Gasteiger partial charge in [-0.05, 0) is 34.6 Å². The minimum absolute atomic E-state index is 0.345. The Hall–Kier alpha value is -0.730. The topological polar surface area (TPSA) is 83.5 Å². The summed E-state index contributed by atoms with van der Waals surface area (Å²) in [7, 11) is 0. The zero-order valence-corrected chi connectivity index (χ0v) is 14.0. The molecular weight excluding hydrogens is 292 g/mol. The number of hydrogen-bond acceptors (Lipinski definition) is 7.